The van der Waals surface area contributed by atoms with Gasteiger partial charge in [-0.25, -0.2) is 0 Å². The third-order valence-electron chi connectivity index (χ3n) is 1.96. The first-order chi connectivity index (χ1) is 7.11. The van der Waals surface area contributed by atoms with Crippen LogP contribution in [0.15, 0.2) is 18.2 Å². The van der Waals surface area contributed by atoms with Gasteiger partial charge in [0.1, 0.15) is 5.75 Å². The van der Waals surface area contributed by atoms with Gasteiger partial charge in [-0.05, 0) is 12.1 Å². The van der Waals surface area contributed by atoms with Crippen LogP contribution in [0.25, 0.3) is 0 Å². The minimum absolute atomic E-state index is 0.188. The fourth-order valence-electron chi connectivity index (χ4n) is 1.15. The van der Waals surface area contributed by atoms with E-state index in [1.165, 1.54) is 0 Å². The Kier molecular flexibility index (Phi) is 5.08. The summed E-state index contributed by atoms with van der Waals surface area (Å²) >= 11 is 5.91. The summed E-state index contributed by atoms with van der Waals surface area (Å²) in [4.78, 5) is 0. The fourth-order valence-corrected chi connectivity index (χ4v) is 1.82. The molecule has 0 fully saturated rings. The second-order valence-electron chi connectivity index (χ2n) is 3.19. The van der Waals surface area contributed by atoms with Crippen LogP contribution in [-0.2, 0) is 17.3 Å². The molecule has 0 aliphatic carbocycles. The van der Waals surface area contributed by atoms with Crippen molar-refractivity contribution < 1.29 is 9.32 Å². The molecule has 15 heavy (non-hydrogen) atoms. The Balaban J connectivity index is 2.47. The lowest BCUT2D eigenvalue weighted by Crippen LogP contribution is -2.19. The molecule has 84 valence electrons. The van der Waals surface area contributed by atoms with Crippen molar-refractivity contribution in [1.82, 2.24) is 5.32 Å². The van der Waals surface area contributed by atoms with Gasteiger partial charge in [-0.2, -0.15) is 0 Å². The Hall–Kier alpha value is -0.580. The average molecular weight is 248 g/mol. The maximum Gasteiger partial charge on any atom is 0.121 e. The summed E-state index contributed by atoms with van der Waals surface area (Å²) < 4.78 is 10.8. The molecule has 5 heteroatoms. The van der Waals surface area contributed by atoms with E-state index in [0.29, 0.717) is 29.4 Å². The Labute approximate surface area is 96.9 Å². The lowest BCUT2D eigenvalue weighted by atomic mass is 10.2. The number of phenols is 1. The lowest BCUT2D eigenvalue weighted by Gasteiger charge is -2.07. The molecule has 1 rings (SSSR count). The minimum atomic E-state index is -0.792. The molecule has 0 amide bonds. The summed E-state index contributed by atoms with van der Waals surface area (Å²) in [6, 6.07) is 5.03. The zero-order chi connectivity index (χ0) is 11.3. The first kappa shape index (κ1) is 12.5. The van der Waals surface area contributed by atoms with Crippen LogP contribution in [0, 0.1) is 0 Å². The van der Waals surface area contributed by atoms with Gasteiger partial charge < -0.3 is 10.4 Å². The fraction of sp³-hybridized carbons (Fsp3) is 0.400. The Morgan fingerprint density at radius 2 is 2.27 bits per heavy atom. The summed E-state index contributed by atoms with van der Waals surface area (Å²) in [6.07, 6.45) is 1.66. The van der Waals surface area contributed by atoms with Gasteiger partial charge in [-0.15, -0.1) is 0 Å². The summed E-state index contributed by atoms with van der Waals surface area (Å²) in [5, 5.41) is 13.1. The van der Waals surface area contributed by atoms with Crippen LogP contribution in [0.5, 0.6) is 5.75 Å². The van der Waals surface area contributed by atoms with E-state index in [9.17, 15) is 9.32 Å². The topological polar surface area (TPSA) is 49.3 Å². The van der Waals surface area contributed by atoms with Gasteiger partial charge in [-0.1, -0.05) is 17.7 Å². The molecule has 1 aromatic rings. The van der Waals surface area contributed by atoms with Gasteiger partial charge in [-0.3, -0.25) is 4.21 Å². The van der Waals surface area contributed by atoms with Gasteiger partial charge in [0.2, 0.25) is 0 Å². The van der Waals surface area contributed by atoms with Crippen LogP contribution >= 0.6 is 11.6 Å². The Morgan fingerprint density at radius 1 is 1.53 bits per heavy atom. The second kappa shape index (κ2) is 6.10. The first-order valence-corrected chi connectivity index (χ1v) is 6.69. The molecule has 1 unspecified atom stereocenters. The molecule has 3 nitrogen and oxygen atoms in total. The quantitative estimate of drug-likeness (QED) is 0.776. The average Bonchev–Trinajstić information content (AvgIpc) is 2.15. The van der Waals surface area contributed by atoms with Gasteiger partial charge in [0, 0.05) is 46.5 Å². The molecule has 1 atom stereocenters. The number of phenolic OH excluding ortho intramolecular Hbond substituents is 1. The monoisotopic (exact) mass is 247 g/mol. The number of benzene rings is 1. The van der Waals surface area contributed by atoms with Crippen molar-refractivity contribution in [3.05, 3.63) is 28.8 Å². The normalized spacial score (nSPS) is 12.7. The maximum atomic E-state index is 10.8. The van der Waals surface area contributed by atoms with Crippen molar-refractivity contribution in [1.29, 1.82) is 0 Å². The molecule has 1 aromatic carbocycles. The molecule has 0 aliphatic rings. The number of nitrogens with one attached hydrogen (secondary N) is 1. The van der Waals surface area contributed by atoms with Crippen LogP contribution in [0.4, 0.5) is 0 Å². The van der Waals surface area contributed by atoms with Crippen molar-refractivity contribution >= 4 is 22.4 Å². The number of rotatable bonds is 5. The van der Waals surface area contributed by atoms with Crippen LogP contribution < -0.4 is 5.32 Å². The van der Waals surface area contributed by atoms with E-state index in [1.54, 1.807) is 24.5 Å². The van der Waals surface area contributed by atoms with E-state index in [1.807, 2.05) is 0 Å². The van der Waals surface area contributed by atoms with Crippen molar-refractivity contribution in [2.24, 2.45) is 0 Å². The van der Waals surface area contributed by atoms with E-state index in [4.69, 9.17) is 11.6 Å². The molecular formula is C10H14ClNO2S. The molecule has 2 N–H and O–H groups in total. The van der Waals surface area contributed by atoms with E-state index in [-0.39, 0.29) is 5.75 Å². The largest absolute Gasteiger partial charge is 0.508 e. The molecule has 0 saturated heterocycles. The molecule has 0 radical (unpaired) electrons. The zero-order valence-corrected chi connectivity index (χ0v) is 10.1. The SMILES string of the molecule is CS(=O)CCNCc1c(O)cccc1Cl. The Morgan fingerprint density at radius 3 is 2.87 bits per heavy atom. The second-order valence-corrected chi connectivity index (χ2v) is 5.15. The highest BCUT2D eigenvalue weighted by molar-refractivity contribution is 7.84. The van der Waals surface area contributed by atoms with E-state index >= 15 is 0 Å². The summed E-state index contributed by atoms with van der Waals surface area (Å²) in [6.45, 7) is 1.14. The van der Waals surface area contributed by atoms with Crippen molar-refractivity contribution in [3.8, 4) is 5.75 Å². The molecular weight excluding hydrogens is 234 g/mol. The summed E-state index contributed by atoms with van der Waals surface area (Å²) in [5.74, 6) is 0.790. The molecule has 0 bridgehead atoms. The van der Waals surface area contributed by atoms with Crippen LogP contribution in [0.3, 0.4) is 0 Å². The maximum absolute atomic E-state index is 10.8. The highest BCUT2D eigenvalue weighted by Crippen LogP contribution is 2.24. The highest BCUT2D eigenvalue weighted by atomic mass is 35.5. The zero-order valence-electron chi connectivity index (χ0n) is 8.50. The molecule has 0 spiro atoms. The van der Waals surface area contributed by atoms with Gasteiger partial charge in [0.05, 0.1) is 0 Å². The first-order valence-electron chi connectivity index (χ1n) is 4.58. The molecule has 0 aliphatic heterocycles. The summed E-state index contributed by atoms with van der Waals surface area (Å²) in [5.41, 5.74) is 0.682. The van der Waals surface area contributed by atoms with Crippen LogP contribution in [0.1, 0.15) is 5.56 Å². The summed E-state index contributed by atoms with van der Waals surface area (Å²) in [7, 11) is -0.792. The standard InChI is InChI=1S/C10H14ClNO2S/c1-15(14)6-5-12-7-8-9(11)3-2-4-10(8)13/h2-4,12-13H,5-7H2,1H3. The van der Waals surface area contributed by atoms with Crippen molar-refractivity contribution in [3.63, 3.8) is 0 Å². The molecule has 0 saturated carbocycles. The van der Waals surface area contributed by atoms with Gasteiger partial charge >= 0.3 is 0 Å². The smallest absolute Gasteiger partial charge is 0.121 e. The number of hydrogen-bond acceptors (Lipinski definition) is 3. The highest BCUT2D eigenvalue weighted by Gasteiger charge is 2.04. The van der Waals surface area contributed by atoms with E-state index in [2.05, 4.69) is 5.32 Å². The van der Waals surface area contributed by atoms with Crippen molar-refractivity contribution in [2.45, 2.75) is 6.54 Å². The third kappa shape index (κ3) is 4.20. The molecule has 0 aromatic heterocycles. The van der Waals surface area contributed by atoms with Gasteiger partial charge in [0.15, 0.2) is 0 Å². The Bertz CT molecular complexity index is 337. The minimum Gasteiger partial charge on any atom is -0.508 e. The van der Waals surface area contributed by atoms with Crippen LogP contribution in [0.2, 0.25) is 5.02 Å². The third-order valence-corrected chi connectivity index (χ3v) is 3.10. The van der Waals surface area contributed by atoms with Crippen molar-refractivity contribution in [2.75, 3.05) is 18.6 Å². The predicted molar refractivity (Wildman–Crippen MR) is 63.8 cm³/mol. The number of aromatic hydroxyl groups is 1. The molecule has 0 heterocycles. The van der Waals surface area contributed by atoms with E-state index in [0.717, 1.165) is 0 Å². The number of hydrogen-bond donors (Lipinski definition) is 2. The van der Waals surface area contributed by atoms with E-state index < -0.39 is 10.8 Å². The van der Waals surface area contributed by atoms with Crippen LogP contribution in [-0.4, -0.2) is 27.9 Å². The predicted octanol–water partition coefficient (Wildman–Crippen LogP) is 1.51. The number of halogens is 1. The lowest BCUT2D eigenvalue weighted by molar-refractivity contribution is 0.465. The van der Waals surface area contributed by atoms with Gasteiger partial charge in [0.25, 0.3) is 0 Å².